The summed E-state index contributed by atoms with van der Waals surface area (Å²) in [6.45, 7) is 0. The van der Waals surface area contributed by atoms with E-state index in [9.17, 15) is 0 Å². The van der Waals surface area contributed by atoms with Crippen molar-refractivity contribution in [3.05, 3.63) is 45.9 Å². The molecule has 0 radical (unpaired) electrons. The number of thiazole rings is 1. The zero-order valence-corrected chi connectivity index (χ0v) is 10.2. The van der Waals surface area contributed by atoms with Crippen LogP contribution in [0.5, 0.6) is 0 Å². The molecule has 0 unspecified atom stereocenters. The lowest BCUT2D eigenvalue weighted by atomic mass is 10.1. The number of nitrogens with zero attached hydrogens (tertiary/aromatic N) is 1. The number of aromatic nitrogens is 1. The predicted molar refractivity (Wildman–Crippen MR) is 68.0 cm³/mol. The Hall–Kier alpha value is -0.770. The normalized spacial score (nSPS) is 9.67. The second kappa shape index (κ2) is 5.35. The molecular weight excluding hydrogens is 251 g/mol. The van der Waals surface area contributed by atoms with E-state index in [-0.39, 0.29) is 12.4 Å². The molecule has 0 atom stereocenters. The zero-order chi connectivity index (χ0) is 9.97. The average Bonchev–Trinajstić information content (AvgIpc) is 2.56. The number of hydrogen-bond acceptors (Lipinski definition) is 3. The van der Waals surface area contributed by atoms with Gasteiger partial charge in [-0.3, -0.25) is 0 Å². The van der Waals surface area contributed by atoms with Gasteiger partial charge in [-0.05, 0) is 17.7 Å². The quantitative estimate of drug-likeness (QED) is 0.899. The molecule has 0 amide bonds. The van der Waals surface area contributed by atoms with Crippen LogP contribution in [0.1, 0.15) is 10.4 Å². The van der Waals surface area contributed by atoms with E-state index in [0.29, 0.717) is 5.13 Å². The Kier molecular flexibility index (Phi) is 4.39. The molecule has 0 aliphatic rings. The van der Waals surface area contributed by atoms with Crippen LogP contribution in [0.2, 0.25) is 5.02 Å². The number of anilines is 1. The van der Waals surface area contributed by atoms with Crippen LogP contribution < -0.4 is 5.73 Å². The van der Waals surface area contributed by atoms with E-state index in [1.54, 1.807) is 0 Å². The molecule has 0 fully saturated rings. The van der Waals surface area contributed by atoms with Gasteiger partial charge in [0.25, 0.3) is 0 Å². The number of nitrogen functional groups attached to an aromatic ring is 1. The monoisotopic (exact) mass is 260 g/mol. The Morgan fingerprint density at radius 1 is 1.27 bits per heavy atom. The molecule has 0 aliphatic heterocycles. The molecule has 0 saturated heterocycles. The van der Waals surface area contributed by atoms with Crippen molar-refractivity contribution < 1.29 is 0 Å². The number of benzene rings is 1. The van der Waals surface area contributed by atoms with Crippen molar-refractivity contribution in [1.29, 1.82) is 0 Å². The first-order chi connectivity index (χ1) is 6.74. The van der Waals surface area contributed by atoms with Crippen molar-refractivity contribution in [2.45, 2.75) is 6.42 Å². The van der Waals surface area contributed by atoms with Crippen LogP contribution in [-0.4, -0.2) is 4.98 Å². The summed E-state index contributed by atoms with van der Waals surface area (Å²) < 4.78 is 0. The fourth-order valence-electron chi connectivity index (χ4n) is 1.21. The second-order valence-corrected chi connectivity index (χ2v) is 4.55. The van der Waals surface area contributed by atoms with Crippen LogP contribution >= 0.6 is 35.3 Å². The number of hydrogen-bond donors (Lipinski definition) is 1. The van der Waals surface area contributed by atoms with E-state index < -0.39 is 0 Å². The molecule has 2 aromatic rings. The van der Waals surface area contributed by atoms with E-state index in [0.717, 1.165) is 11.4 Å². The van der Waals surface area contributed by atoms with E-state index in [4.69, 9.17) is 17.3 Å². The highest BCUT2D eigenvalue weighted by atomic mass is 35.5. The Morgan fingerprint density at radius 2 is 1.93 bits per heavy atom. The van der Waals surface area contributed by atoms with Crippen molar-refractivity contribution in [1.82, 2.24) is 4.98 Å². The molecule has 1 aromatic heterocycles. The average molecular weight is 261 g/mol. The molecule has 2 N–H and O–H groups in total. The highest BCUT2D eigenvalue weighted by Gasteiger charge is 2.00. The summed E-state index contributed by atoms with van der Waals surface area (Å²) in [5.41, 5.74) is 6.76. The Labute approximate surface area is 104 Å². The summed E-state index contributed by atoms with van der Waals surface area (Å²) in [5, 5.41) is 1.38. The van der Waals surface area contributed by atoms with Crippen LogP contribution in [0.25, 0.3) is 0 Å². The maximum atomic E-state index is 5.79. The molecule has 2 nitrogen and oxygen atoms in total. The van der Waals surface area contributed by atoms with Crippen LogP contribution in [0, 0.1) is 0 Å². The lowest BCUT2D eigenvalue weighted by Gasteiger charge is -1.97. The zero-order valence-electron chi connectivity index (χ0n) is 7.81. The number of rotatable bonds is 2. The third-order valence-electron chi connectivity index (χ3n) is 1.86. The first-order valence-corrected chi connectivity index (χ1v) is 5.38. The minimum atomic E-state index is 0. The maximum Gasteiger partial charge on any atom is 0.180 e. The molecule has 0 spiro atoms. The summed E-state index contributed by atoms with van der Waals surface area (Å²) >= 11 is 7.31. The fraction of sp³-hybridized carbons (Fsp3) is 0.100. The standard InChI is InChI=1S/C10H9ClN2S.ClH/c11-8-3-1-7(2-4-8)5-9-6-13-10(12)14-9;/h1-4,6H,5H2,(H2,12,13);1H. The Morgan fingerprint density at radius 3 is 2.47 bits per heavy atom. The second-order valence-electron chi connectivity index (χ2n) is 2.97. The molecule has 0 bridgehead atoms. The summed E-state index contributed by atoms with van der Waals surface area (Å²) in [7, 11) is 0. The van der Waals surface area contributed by atoms with Gasteiger partial charge < -0.3 is 5.73 Å². The van der Waals surface area contributed by atoms with Gasteiger partial charge in [0.05, 0.1) is 0 Å². The third-order valence-corrected chi connectivity index (χ3v) is 2.94. The van der Waals surface area contributed by atoms with E-state index >= 15 is 0 Å². The van der Waals surface area contributed by atoms with Crippen LogP contribution in [-0.2, 0) is 6.42 Å². The molecule has 80 valence electrons. The van der Waals surface area contributed by atoms with Crippen molar-refractivity contribution in [2.24, 2.45) is 0 Å². The van der Waals surface area contributed by atoms with Gasteiger partial charge in [0, 0.05) is 22.5 Å². The first-order valence-electron chi connectivity index (χ1n) is 4.18. The fourth-order valence-corrected chi connectivity index (χ4v) is 2.05. The highest BCUT2D eigenvalue weighted by molar-refractivity contribution is 7.15. The highest BCUT2D eigenvalue weighted by Crippen LogP contribution is 2.19. The van der Waals surface area contributed by atoms with Crippen molar-refractivity contribution in [2.75, 3.05) is 5.73 Å². The summed E-state index contributed by atoms with van der Waals surface area (Å²) in [6.07, 6.45) is 2.68. The molecule has 0 saturated carbocycles. The largest absolute Gasteiger partial charge is 0.375 e. The SMILES string of the molecule is Cl.Nc1ncc(Cc2ccc(Cl)cc2)s1. The molecule has 15 heavy (non-hydrogen) atoms. The number of nitrogens with two attached hydrogens (primary N) is 1. The lowest BCUT2D eigenvalue weighted by Crippen LogP contribution is -1.83. The van der Waals surface area contributed by atoms with Crippen molar-refractivity contribution >= 4 is 40.5 Å². The molecule has 2 rings (SSSR count). The molecular formula is C10H10Cl2N2S. The van der Waals surface area contributed by atoms with Crippen molar-refractivity contribution in [3.63, 3.8) is 0 Å². The van der Waals surface area contributed by atoms with Crippen LogP contribution in [0.15, 0.2) is 30.5 Å². The van der Waals surface area contributed by atoms with Crippen molar-refractivity contribution in [3.8, 4) is 0 Å². The van der Waals surface area contributed by atoms with E-state index in [2.05, 4.69) is 4.98 Å². The first kappa shape index (κ1) is 12.3. The minimum Gasteiger partial charge on any atom is -0.375 e. The topological polar surface area (TPSA) is 38.9 Å². The summed E-state index contributed by atoms with van der Waals surface area (Å²) in [4.78, 5) is 5.17. The van der Waals surface area contributed by atoms with Gasteiger partial charge in [0.2, 0.25) is 0 Å². The van der Waals surface area contributed by atoms with Gasteiger partial charge in [-0.15, -0.1) is 23.7 Å². The van der Waals surface area contributed by atoms with Crippen LogP contribution in [0.3, 0.4) is 0 Å². The Bertz CT molecular complexity index is 425. The Balaban J connectivity index is 0.00000112. The number of halogens is 2. The molecule has 1 heterocycles. The predicted octanol–water partition coefficient (Wildman–Crippen LogP) is 3.39. The maximum absolute atomic E-state index is 5.79. The van der Waals surface area contributed by atoms with E-state index in [1.807, 2.05) is 30.5 Å². The van der Waals surface area contributed by atoms with Gasteiger partial charge in [-0.25, -0.2) is 4.98 Å². The minimum absolute atomic E-state index is 0. The smallest absolute Gasteiger partial charge is 0.180 e. The van der Waals surface area contributed by atoms with E-state index in [1.165, 1.54) is 21.8 Å². The summed E-state index contributed by atoms with van der Waals surface area (Å²) in [5.74, 6) is 0. The molecule has 0 aliphatic carbocycles. The van der Waals surface area contributed by atoms with Gasteiger partial charge in [-0.2, -0.15) is 0 Å². The van der Waals surface area contributed by atoms with Crippen LogP contribution in [0.4, 0.5) is 5.13 Å². The van der Waals surface area contributed by atoms with Gasteiger partial charge in [0.15, 0.2) is 5.13 Å². The summed E-state index contributed by atoms with van der Waals surface area (Å²) in [6, 6.07) is 7.80. The van der Waals surface area contributed by atoms with Gasteiger partial charge in [-0.1, -0.05) is 23.7 Å². The molecule has 1 aromatic carbocycles. The third kappa shape index (κ3) is 3.38. The van der Waals surface area contributed by atoms with Gasteiger partial charge in [0.1, 0.15) is 0 Å². The lowest BCUT2D eigenvalue weighted by molar-refractivity contribution is 1.22. The molecule has 5 heteroatoms. The van der Waals surface area contributed by atoms with Gasteiger partial charge >= 0.3 is 0 Å².